The van der Waals surface area contributed by atoms with Crippen molar-refractivity contribution < 1.29 is 9.18 Å². The van der Waals surface area contributed by atoms with Crippen LogP contribution in [-0.4, -0.2) is 5.78 Å². The fourth-order valence-electron chi connectivity index (χ4n) is 1.59. The number of ketones is 1. The summed E-state index contributed by atoms with van der Waals surface area (Å²) in [5, 5.41) is 0.367. The smallest absolute Gasteiger partial charge is 0.175 e. The van der Waals surface area contributed by atoms with Crippen molar-refractivity contribution in [1.29, 1.82) is 0 Å². The summed E-state index contributed by atoms with van der Waals surface area (Å²) < 4.78 is 13.7. The lowest BCUT2D eigenvalue weighted by Crippen LogP contribution is -2.04. The Morgan fingerprint density at radius 3 is 2.61 bits per heavy atom. The molecule has 0 saturated carbocycles. The molecule has 2 aromatic rings. The highest BCUT2D eigenvalue weighted by molar-refractivity contribution is 7.17. The number of carbonyl (C=O) groups is 1. The van der Waals surface area contributed by atoms with E-state index in [1.807, 2.05) is 13.8 Å². The first kappa shape index (κ1) is 13.2. The maximum absolute atomic E-state index is 13.7. The molecule has 0 saturated heterocycles. The van der Waals surface area contributed by atoms with E-state index in [1.165, 1.54) is 17.4 Å². The molecule has 0 unspecified atom stereocenters. The summed E-state index contributed by atoms with van der Waals surface area (Å²) in [6.45, 7) is 3.70. The number of Topliss-reactive ketones (excluding diaryl/α,β-unsaturated/α-hetero) is 1. The van der Waals surface area contributed by atoms with Gasteiger partial charge in [-0.25, -0.2) is 4.39 Å². The van der Waals surface area contributed by atoms with Gasteiger partial charge in [-0.05, 0) is 30.3 Å². The number of thiophene rings is 1. The van der Waals surface area contributed by atoms with Gasteiger partial charge in [-0.1, -0.05) is 25.4 Å². The van der Waals surface area contributed by atoms with Gasteiger partial charge < -0.3 is 0 Å². The Bertz CT molecular complexity index is 589. The molecule has 1 aromatic heterocycles. The van der Waals surface area contributed by atoms with E-state index in [0.29, 0.717) is 15.5 Å². The molecule has 94 valence electrons. The highest BCUT2D eigenvalue weighted by atomic mass is 35.5. The van der Waals surface area contributed by atoms with Crippen LogP contribution in [-0.2, 0) is 0 Å². The molecule has 0 amide bonds. The standard InChI is InChI=1S/C14H12ClFOS/c1-8(2)14(17)13-6-5-12(18-13)10-4-3-9(15)7-11(10)16/h3-8H,1-2H3. The van der Waals surface area contributed by atoms with E-state index in [4.69, 9.17) is 11.6 Å². The van der Waals surface area contributed by atoms with Gasteiger partial charge in [0.2, 0.25) is 0 Å². The minimum atomic E-state index is -0.368. The minimum absolute atomic E-state index is 0.0495. The molecule has 4 heteroatoms. The lowest BCUT2D eigenvalue weighted by molar-refractivity contribution is 0.0943. The molecule has 0 atom stereocenters. The maximum atomic E-state index is 13.7. The summed E-state index contributed by atoms with van der Waals surface area (Å²) >= 11 is 7.02. The van der Waals surface area contributed by atoms with Crippen LogP contribution in [0.2, 0.25) is 5.02 Å². The van der Waals surface area contributed by atoms with E-state index in [0.717, 1.165) is 4.88 Å². The molecule has 1 nitrogen and oxygen atoms in total. The van der Waals surface area contributed by atoms with Gasteiger partial charge in [0, 0.05) is 21.4 Å². The Labute approximate surface area is 114 Å². The molecular formula is C14H12ClFOS. The van der Waals surface area contributed by atoms with E-state index in [1.54, 1.807) is 24.3 Å². The fraction of sp³-hybridized carbons (Fsp3) is 0.214. The Hall–Kier alpha value is -1.19. The van der Waals surface area contributed by atoms with Crippen molar-refractivity contribution in [2.75, 3.05) is 0 Å². The second-order valence-corrected chi connectivity index (χ2v) is 5.83. The largest absolute Gasteiger partial charge is 0.293 e. The number of hydrogen-bond acceptors (Lipinski definition) is 2. The van der Waals surface area contributed by atoms with Crippen molar-refractivity contribution in [3.8, 4) is 10.4 Å². The predicted molar refractivity (Wildman–Crippen MR) is 73.9 cm³/mol. The molecule has 0 aliphatic rings. The Kier molecular flexibility index (Phi) is 3.83. The number of benzene rings is 1. The van der Waals surface area contributed by atoms with E-state index in [2.05, 4.69) is 0 Å². The zero-order valence-electron chi connectivity index (χ0n) is 10.0. The first-order valence-electron chi connectivity index (χ1n) is 5.58. The van der Waals surface area contributed by atoms with Gasteiger partial charge in [-0.15, -0.1) is 11.3 Å². The van der Waals surface area contributed by atoms with Crippen molar-refractivity contribution in [3.63, 3.8) is 0 Å². The van der Waals surface area contributed by atoms with Crippen molar-refractivity contribution in [1.82, 2.24) is 0 Å². The zero-order valence-corrected chi connectivity index (χ0v) is 11.6. The van der Waals surface area contributed by atoms with Crippen LogP contribution >= 0.6 is 22.9 Å². The van der Waals surface area contributed by atoms with Crippen molar-refractivity contribution in [2.45, 2.75) is 13.8 Å². The summed E-state index contributed by atoms with van der Waals surface area (Å²) in [6.07, 6.45) is 0. The first-order chi connectivity index (χ1) is 8.49. The molecular weight excluding hydrogens is 271 g/mol. The summed E-state index contributed by atoms with van der Waals surface area (Å²) in [5.41, 5.74) is 0.479. The zero-order chi connectivity index (χ0) is 13.3. The van der Waals surface area contributed by atoms with E-state index in [9.17, 15) is 9.18 Å². The highest BCUT2D eigenvalue weighted by Crippen LogP contribution is 2.32. The predicted octanol–water partition coefficient (Wildman–Crippen LogP) is 5.05. The summed E-state index contributed by atoms with van der Waals surface area (Å²) in [4.78, 5) is 13.2. The van der Waals surface area contributed by atoms with Crippen LogP contribution in [0.25, 0.3) is 10.4 Å². The van der Waals surface area contributed by atoms with Gasteiger partial charge in [0.05, 0.1) is 4.88 Å². The van der Waals surface area contributed by atoms with Crippen molar-refractivity contribution in [2.24, 2.45) is 5.92 Å². The molecule has 0 aliphatic heterocycles. The van der Waals surface area contributed by atoms with Crippen LogP contribution in [0.4, 0.5) is 4.39 Å². The summed E-state index contributed by atoms with van der Waals surface area (Å²) in [5.74, 6) is -0.333. The Morgan fingerprint density at radius 1 is 1.28 bits per heavy atom. The molecule has 1 aromatic carbocycles. The Balaban J connectivity index is 2.38. The third-order valence-corrected chi connectivity index (χ3v) is 3.94. The molecule has 0 spiro atoms. The second-order valence-electron chi connectivity index (χ2n) is 4.31. The fourth-order valence-corrected chi connectivity index (χ4v) is 2.87. The van der Waals surface area contributed by atoms with Gasteiger partial charge >= 0.3 is 0 Å². The van der Waals surface area contributed by atoms with Gasteiger partial charge in [-0.2, -0.15) is 0 Å². The third-order valence-electron chi connectivity index (χ3n) is 2.57. The van der Waals surface area contributed by atoms with Crippen LogP contribution in [0.3, 0.4) is 0 Å². The summed E-state index contributed by atoms with van der Waals surface area (Å²) in [7, 11) is 0. The molecule has 0 aliphatic carbocycles. The van der Waals surface area contributed by atoms with Crippen LogP contribution < -0.4 is 0 Å². The SMILES string of the molecule is CC(C)C(=O)c1ccc(-c2ccc(Cl)cc2F)s1. The van der Waals surface area contributed by atoms with Gasteiger partial charge in [0.15, 0.2) is 5.78 Å². The van der Waals surface area contributed by atoms with Crippen LogP contribution in [0.5, 0.6) is 0 Å². The molecule has 0 fully saturated rings. The molecule has 1 heterocycles. The second kappa shape index (κ2) is 5.21. The van der Waals surface area contributed by atoms with Crippen molar-refractivity contribution in [3.05, 3.63) is 46.0 Å². The van der Waals surface area contributed by atoms with Crippen LogP contribution in [0.1, 0.15) is 23.5 Å². The lowest BCUT2D eigenvalue weighted by Gasteiger charge is -2.01. The first-order valence-corrected chi connectivity index (χ1v) is 6.78. The van der Waals surface area contributed by atoms with E-state index >= 15 is 0 Å². The average molecular weight is 283 g/mol. The van der Waals surface area contributed by atoms with Crippen LogP contribution in [0, 0.1) is 11.7 Å². The minimum Gasteiger partial charge on any atom is -0.293 e. The van der Waals surface area contributed by atoms with Crippen molar-refractivity contribution >= 4 is 28.7 Å². The van der Waals surface area contributed by atoms with Gasteiger partial charge in [0.25, 0.3) is 0 Å². The number of hydrogen-bond donors (Lipinski definition) is 0. The number of halogens is 2. The topological polar surface area (TPSA) is 17.1 Å². The monoisotopic (exact) mass is 282 g/mol. The number of rotatable bonds is 3. The molecule has 2 rings (SSSR count). The molecule has 18 heavy (non-hydrogen) atoms. The van der Waals surface area contributed by atoms with E-state index in [-0.39, 0.29) is 17.5 Å². The average Bonchev–Trinajstić information content (AvgIpc) is 2.77. The Morgan fingerprint density at radius 2 is 2.00 bits per heavy atom. The quantitative estimate of drug-likeness (QED) is 0.720. The highest BCUT2D eigenvalue weighted by Gasteiger charge is 2.15. The maximum Gasteiger partial charge on any atom is 0.175 e. The summed E-state index contributed by atoms with van der Waals surface area (Å²) in [6, 6.07) is 8.07. The molecule has 0 bridgehead atoms. The normalized spacial score (nSPS) is 10.9. The van der Waals surface area contributed by atoms with Gasteiger partial charge in [0.1, 0.15) is 5.82 Å². The van der Waals surface area contributed by atoms with Crippen LogP contribution in [0.15, 0.2) is 30.3 Å². The molecule has 0 N–H and O–H groups in total. The molecule has 0 radical (unpaired) electrons. The van der Waals surface area contributed by atoms with Gasteiger partial charge in [-0.3, -0.25) is 4.79 Å². The van der Waals surface area contributed by atoms with E-state index < -0.39 is 0 Å². The third kappa shape index (κ3) is 2.62. The number of carbonyl (C=O) groups excluding carboxylic acids is 1. The lowest BCUT2D eigenvalue weighted by atomic mass is 10.1.